The summed E-state index contributed by atoms with van der Waals surface area (Å²) in [5, 5.41) is 14.5. The number of rotatable bonds is 9. The van der Waals surface area contributed by atoms with Crippen molar-refractivity contribution in [2.45, 2.75) is 31.5 Å². The first-order chi connectivity index (χ1) is 15.2. The summed E-state index contributed by atoms with van der Waals surface area (Å²) in [7, 11) is 0. The Morgan fingerprint density at radius 3 is 2.19 bits per heavy atom. The minimum atomic E-state index is -0.382. The number of hydrogen-bond donors (Lipinski definition) is 2. The summed E-state index contributed by atoms with van der Waals surface area (Å²) in [6.07, 6.45) is 3.60. The van der Waals surface area contributed by atoms with Crippen molar-refractivity contribution in [2.24, 2.45) is 0 Å². The van der Waals surface area contributed by atoms with Gasteiger partial charge in [0.05, 0.1) is 4.92 Å². The summed E-state index contributed by atoms with van der Waals surface area (Å²) >= 11 is 0. The number of hydrogen-bond acceptors (Lipinski definition) is 5. The highest BCUT2D eigenvalue weighted by molar-refractivity contribution is 5.33. The van der Waals surface area contributed by atoms with Gasteiger partial charge in [-0.15, -0.1) is 0 Å². The van der Waals surface area contributed by atoms with Gasteiger partial charge in [-0.25, -0.2) is 0 Å². The average Bonchev–Trinajstić information content (AvgIpc) is 3.26. The highest BCUT2D eigenvalue weighted by atomic mass is 16.7. The molecule has 0 saturated heterocycles. The summed E-state index contributed by atoms with van der Waals surface area (Å²) in [5.41, 5.74) is 7.67. The molecule has 0 fully saturated rings. The van der Waals surface area contributed by atoms with Gasteiger partial charge in [0, 0.05) is 36.8 Å². The van der Waals surface area contributed by atoms with Crippen LogP contribution in [0.1, 0.15) is 16.7 Å². The van der Waals surface area contributed by atoms with Crippen LogP contribution in [0, 0.1) is 10.1 Å². The van der Waals surface area contributed by atoms with Crippen molar-refractivity contribution in [2.75, 3.05) is 0 Å². The summed E-state index contributed by atoms with van der Waals surface area (Å²) in [6.45, 7) is 0.594. The van der Waals surface area contributed by atoms with Crippen molar-refractivity contribution >= 4 is 5.69 Å². The van der Waals surface area contributed by atoms with Crippen molar-refractivity contribution in [3.8, 4) is 0 Å². The fraction of sp³-hybridized carbons (Fsp3) is 0.200. The smallest absolute Gasteiger partial charge is 0.269 e. The van der Waals surface area contributed by atoms with Crippen LogP contribution in [0.5, 0.6) is 0 Å². The second-order valence-corrected chi connectivity index (χ2v) is 7.64. The van der Waals surface area contributed by atoms with Gasteiger partial charge in [-0.3, -0.25) is 20.4 Å². The minimum absolute atomic E-state index is 0.0402. The lowest BCUT2D eigenvalue weighted by atomic mass is 9.99. The summed E-state index contributed by atoms with van der Waals surface area (Å²) in [5.74, 6) is 0. The molecule has 2 unspecified atom stereocenters. The lowest BCUT2D eigenvalue weighted by Crippen LogP contribution is -2.41. The Labute approximate surface area is 181 Å². The predicted octanol–water partition coefficient (Wildman–Crippen LogP) is 4.33. The van der Waals surface area contributed by atoms with Gasteiger partial charge in [0.2, 0.25) is 0 Å². The largest absolute Gasteiger partial charge is 0.307 e. The third kappa shape index (κ3) is 5.78. The Kier molecular flexibility index (Phi) is 6.72. The number of nitrogens with one attached hydrogen (secondary N) is 2. The van der Waals surface area contributed by atoms with Crippen LogP contribution in [0.4, 0.5) is 5.69 Å². The van der Waals surface area contributed by atoms with Crippen LogP contribution >= 0.6 is 0 Å². The van der Waals surface area contributed by atoms with Crippen LogP contribution < -0.4 is 10.8 Å². The molecule has 0 aromatic heterocycles. The van der Waals surface area contributed by atoms with Gasteiger partial charge < -0.3 is 5.32 Å². The number of non-ortho nitro benzene ring substituents is 1. The van der Waals surface area contributed by atoms with Gasteiger partial charge in [-0.05, 0) is 29.2 Å². The van der Waals surface area contributed by atoms with Crippen LogP contribution in [0.25, 0.3) is 0 Å². The normalized spacial score (nSPS) is 16.4. The third-order valence-electron chi connectivity index (χ3n) is 5.34. The molecule has 31 heavy (non-hydrogen) atoms. The van der Waals surface area contributed by atoms with E-state index >= 15 is 0 Å². The standard InChI is InChI=1S/C25H25N3O3/c29-28(30)23-13-11-21(12-14-23)18-26-24(16-20-9-5-2-6-10-20)25-17-22(27-31-25)15-19-7-3-1-4-8-19/h1-14,17,24-27H,15-16,18H2. The molecule has 1 aliphatic rings. The van der Waals surface area contributed by atoms with Gasteiger partial charge in [-0.2, -0.15) is 0 Å². The summed E-state index contributed by atoms with van der Waals surface area (Å²) in [6, 6.07) is 27.3. The van der Waals surface area contributed by atoms with Crippen molar-refractivity contribution in [1.29, 1.82) is 0 Å². The Hall–Kier alpha value is -3.48. The molecule has 0 saturated carbocycles. The molecule has 2 N–H and O–H groups in total. The van der Waals surface area contributed by atoms with Gasteiger partial charge in [0.15, 0.2) is 0 Å². The number of allylic oxidation sites excluding steroid dienone is 1. The van der Waals surface area contributed by atoms with E-state index < -0.39 is 0 Å². The van der Waals surface area contributed by atoms with Crippen LogP contribution in [0.15, 0.2) is 96.7 Å². The Morgan fingerprint density at radius 2 is 1.55 bits per heavy atom. The predicted molar refractivity (Wildman–Crippen MR) is 120 cm³/mol. The van der Waals surface area contributed by atoms with E-state index in [9.17, 15) is 10.1 Å². The molecule has 6 nitrogen and oxygen atoms in total. The number of nitro groups is 1. The molecule has 6 heteroatoms. The lowest BCUT2D eigenvalue weighted by Gasteiger charge is -2.23. The minimum Gasteiger partial charge on any atom is -0.307 e. The maximum absolute atomic E-state index is 10.9. The van der Waals surface area contributed by atoms with E-state index in [4.69, 9.17) is 4.84 Å². The van der Waals surface area contributed by atoms with E-state index in [-0.39, 0.29) is 22.8 Å². The SMILES string of the molecule is O=[N+]([O-])c1ccc(CNC(Cc2ccccc2)C2C=C(Cc3ccccc3)NO2)cc1. The van der Waals surface area contributed by atoms with E-state index in [1.807, 2.05) is 36.4 Å². The zero-order chi connectivity index (χ0) is 21.5. The van der Waals surface area contributed by atoms with Crippen molar-refractivity contribution in [1.82, 2.24) is 10.8 Å². The van der Waals surface area contributed by atoms with E-state index in [1.54, 1.807) is 12.1 Å². The summed E-state index contributed by atoms with van der Waals surface area (Å²) < 4.78 is 0. The van der Waals surface area contributed by atoms with Crippen LogP contribution in [-0.2, 0) is 24.2 Å². The molecule has 1 heterocycles. The average molecular weight is 415 g/mol. The molecule has 0 radical (unpaired) electrons. The van der Waals surface area contributed by atoms with Crippen LogP contribution in [0.2, 0.25) is 0 Å². The van der Waals surface area contributed by atoms with Gasteiger partial charge >= 0.3 is 0 Å². The maximum Gasteiger partial charge on any atom is 0.269 e. The topological polar surface area (TPSA) is 76.4 Å². The zero-order valence-corrected chi connectivity index (χ0v) is 17.1. The fourth-order valence-corrected chi connectivity index (χ4v) is 3.68. The van der Waals surface area contributed by atoms with Gasteiger partial charge in [0.1, 0.15) is 6.10 Å². The molecule has 0 aliphatic carbocycles. The monoisotopic (exact) mass is 415 g/mol. The maximum atomic E-state index is 10.9. The lowest BCUT2D eigenvalue weighted by molar-refractivity contribution is -0.384. The quantitative estimate of drug-likeness (QED) is 0.402. The van der Waals surface area contributed by atoms with E-state index in [0.717, 1.165) is 24.1 Å². The molecule has 2 atom stereocenters. The molecule has 0 bridgehead atoms. The van der Waals surface area contributed by atoms with Crippen molar-refractivity contribution in [3.05, 3.63) is 124 Å². The van der Waals surface area contributed by atoms with E-state index in [2.05, 4.69) is 41.1 Å². The molecule has 158 valence electrons. The molecule has 3 aromatic carbocycles. The Balaban J connectivity index is 1.45. The first-order valence-electron chi connectivity index (χ1n) is 10.3. The van der Waals surface area contributed by atoms with Crippen molar-refractivity contribution in [3.63, 3.8) is 0 Å². The molecule has 1 aliphatic heterocycles. The molecular formula is C25H25N3O3. The fourth-order valence-electron chi connectivity index (χ4n) is 3.68. The van der Waals surface area contributed by atoms with E-state index in [0.29, 0.717) is 6.54 Å². The summed E-state index contributed by atoms with van der Waals surface area (Å²) in [4.78, 5) is 16.4. The van der Waals surface area contributed by atoms with Gasteiger partial charge in [-0.1, -0.05) is 72.8 Å². The number of hydroxylamine groups is 1. The second kappa shape index (κ2) is 10.0. The number of nitro benzene ring substituents is 1. The molecule has 0 spiro atoms. The highest BCUT2D eigenvalue weighted by Crippen LogP contribution is 2.19. The van der Waals surface area contributed by atoms with E-state index in [1.165, 1.54) is 23.3 Å². The molecule has 0 amide bonds. The third-order valence-corrected chi connectivity index (χ3v) is 5.34. The van der Waals surface area contributed by atoms with Gasteiger partial charge in [0.25, 0.3) is 5.69 Å². The molecule has 4 rings (SSSR count). The van der Waals surface area contributed by atoms with Crippen LogP contribution in [0.3, 0.4) is 0 Å². The first kappa shape index (κ1) is 20.8. The number of benzene rings is 3. The molecule has 3 aromatic rings. The Morgan fingerprint density at radius 1 is 0.903 bits per heavy atom. The molecular weight excluding hydrogens is 390 g/mol. The highest BCUT2D eigenvalue weighted by Gasteiger charge is 2.26. The Bertz CT molecular complexity index is 1020. The van der Waals surface area contributed by atoms with Crippen molar-refractivity contribution < 1.29 is 9.76 Å². The second-order valence-electron chi connectivity index (χ2n) is 7.64. The zero-order valence-electron chi connectivity index (χ0n) is 17.1. The first-order valence-corrected chi connectivity index (χ1v) is 10.3. The van der Waals surface area contributed by atoms with Crippen LogP contribution in [-0.4, -0.2) is 17.1 Å². The number of nitrogens with zero attached hydrogens (tertiary/aromatic N) is 1.